The van der Waals surface area contributed by atoms with Crippen LogP contribution in [-0.2, 0) is 9.84 Å². The number of carbonyl (C=O) groups is 1. The van der Waals surface area contributed by atoms with Gasteiger partial charge in [0.2, 0.25) is 0 Å². The van der Waals surface area contributed by atoms with Crippen molar-refractivity contribution in [2.75, 3.05) is 12.0 Å². The Kier molecular flexibility index (Phi) is 4.05. The molecule has 0 aliphatic carbocycles. The summed E-state index contributed by atoms with van der Waals surface area (Å²) in [5.41, 5.74) is 1.71. The molecule has 3 heterocycles. The molecule has 7 nitrogen and oxygen atoms in total. The zero-order valence-electron chi connectivity index (χ0n) is 12.1. The fourth-order valence-corrected chi connectivity index (χ4v) is 3.33. The van der Waals surface area contributed by atoms with Crippen LogP contribution in [-0.4, -0.2) is 46.0 Å². The third kappa shape index (κ3) is 3.69. The Bertz CT molecular complexity index is 945. The highest BCUT2D eigenvalue weighted by atomic mass is 32.2. The molecule has 0 saturated heterocycles. The van der Waals surface area contributed by atoms with Gasteiger partial charge in [-0.25, -0.2) is 18.1 Å². The standard InChI is InChI=1S/C14H12N4O3S2/c1-23(20,21)9-13(19)12-8-22-14(17-12)10-5-16-18(7-10)11-3-2-4-15-6-11/h2-8H,9H2,1H3. The average Bonchev–Trinajstić information content (AvgIpc) is 3.16. The number of hydrogen-bond donors (Lipinski definition) is 0. The van der Waals surface area contributed by atoms with Crippen molar-refractivity contribution in [1.29, 1.82) is 0 Å². The first-order valence-electron chi connectivity index (χ1n) is 6.54. The SMILES string of the molecule is CS(=O)(=O)CC(=O)c1csc(-c2cnn(-c3cccnc3)c2)n1. The Morgan fingerprint density at radius 1 is 1.35 bits per heavy atom. The van der Waals surface area contributed by atoms with Gasteiger partial charge >= 0.3 is 0 Å². The lowest BCUT2D eigenvalue weighted by molar-refractivity contribution is 0.101. The minimum Gasteiger partial charge on any atom is -0.291 e. The molecule has 23 heavy (non-hydrogen) atoms. The second kappa shape index (κ2) is 6.01. The highest BCUT2D eigenvalue weighted by Crippen LogP contribution is 2.24. The largest absolute Gasteiger partial charge is 0.291 e. The number of aromatic nitrogens is 4. The Morgan fingerprint density at radius 2 is 2.17 bits per heavy atom. The smallest absolute Gasteiger partial charge is 0.197 e. The molecule has 0 aliphatic heterocycles. The van der Waals surface area contributed by atoms with Crippen LogP contribution in [0.4, 0.5) is 0 Å². The molecule has 0 spiro atoms. The summed E-state index contributed by atoms with van der Waals surface area (Å²) in [5, 5.41) is 6.41. The summed E-state index contributed by atoms with van der Waals surface area (Å²) in [6.45, 7) is 0. The fraction of sp³-hybridized carbons (Fsp3) is 0.143. The second-order valence-electron chi connectivity index (χ2n) is 4.92. The van der Waals surface area contributed by atoms with Gasteiger partial charge in [0, 0.05) is 29.6 Å². The zero-order chi connectivity index (χ0) is 16.4. The maximum Gasteiger partial charge on any atom is 0.197 e. The van der Waals surface area contributed by atoms with Crippen LogP contribution in [0.3, 0.4) is 0 Å². The van der Waals surface area contributed by atoms with Crippen molar-refractivity contribution in [2.45, 2.75) is 0 Å². The first-order chi connectivity index (χ1) is 10.9. The Balaban J connectivity index is 1.84. The van der Waals surface area contributed by atoms with E-state index in [-0.39, 0.29) is 5.69 Å². The van der Waals surface area contributed by atoms with Gasteiger partial charge in [0.15, 0.2) is 15.6 Å². The molecule has 0 fully saturated rings. The number of nitrogens with zero attached hydrogens (tertiary/aromatic N) is 4. The fourth-order valence-electron chi connectivity index (χ4n) is 1.91. The number of ketones is 1. The van der Waals surface area contributed by atoms with Crippen LogP contribution in [0.25, 0.3) is 16.3 Å². The van der Waals surface area contributed by atoms with E-state index in [1.165, 1.54) is 11.3 Å². The van der Waals surface area contributed by atoms with E-state index < -0.39 is 21.4 Å². The highest BCUT2D eigenvalue weighted by Gasteiger charge is 2.17. The van der Waals surface area contributed by atoms with Gasteiger partial charge in [-0.3, -0.25) is 9.78 Å². The summed E-state index contributed by atoms with van der Waals surface area (Å²) < 4.78 is 24.0. The van der Waals surface area contributed by atoms with Crippen molar-refractivity contribution in [1.82, 2.24) is 19.7 Å². The van der Waals surface area contributed by atoms with Crippen molar-refractivity contribution in [3.63, 3.8) is 0 Å². The second-order valence-corrected chi connectivity index (χ2v) is 7.91. The number of hydrogen-bond acceptors (Lipinski definition) is 7. The van der Waals surface area contributed by atoms with Gasteiger partial charge < -0.3 is 0 Å². The van der Waals surface area contributed by atoms with Crippen LogP contribution in [0.15, 0.2) is 42.3 Å². The third-order valence-corrected chi connectivity index (χ3v) is 4.60. The number of thiazole rings is 1. The topological polar surface area (TPSA) is 94.8 Å². The third-order valence-electron chi connectivity index (χ3n) is 2.92. The lowest BCUT2D eigenvalue weighted by atomic mass is 10.3. The van der Waals surface area contributed by atoms with Gasteiger partial charge in [-0.1, -0.05) is 0 Å². The van der Waals surface area contributed by atoms with Gasteiger partial charge in [0.25, 0.3) is 0 Å². The maximum atomic E-state index is 11.9. The molecule has 0 aliphatic rings. The molecule has 9 heteroatoms. The molecule has 0 amide bonds. The van der Waals surface area contributed by atoms with Crippen LogP contribution in [0.5, 0.6) is 0 Å². The van der Waals surface area contributed by atoms with Crippen molar-refractivity contribution < 1.29 is 13.2 Å². The molecule has 0 bridgehead atoms. The molecule has 3 aromatic rings. The molecule has 3 rings (SSSR count). The Morgan fingerprint density at radius 3 is 2.87 bits per heavy atom. The quantitative estimate of drug-likeness (QED) is 0.650. The number of sulfone groups is 1. The van der Waals surface area contributed by atoms with E-state index in [1.54, 1.807) is 34.8 Å². The van der Waals surface area contributed by atoms with E-state index in [1.807, 2.05) is 12.1 Å². The van der Waals surface area contributed by atoms with E-state index >= 15 is 0 Å². The summed E-state index contributed by atoms with van der Waals surface area (Å²) in [6.07, 6.45) is 7.79. The van der Waals surface area contributed by atoms with Gasteiger partial charge in [-0.2, -0.15) is 5.10 Å². The van der Waals surface area contributed by atoms with Crippen molar-refractivity contribution >= 4 is 27.0 Å². The zero-order valence-corrected chi connectivity index (χ0v) is 13.7. The van der Waals surface area contributed by atoms with E-state index in [0.717, 1.165) is 17.5 Å². The van der Waals surface area contributed by atoms with Gasteiger partial charge in [-0.05, 0) is 12.1 Å². The summed E-state index contributed by atoms with van der Waals surface area (Å²) in [7, 11) is -3.37. The molecule has 0 radical (unpaired) electrons. The highest BCUT2D eigenvalue weighted by molar-refractivity contribution is 7.91. The first kappa shape index (κ1) is 15.5. The number of rotatable bonds is 5. The molecule has 118 valence electrons. The number of pyridine rings is 1. The Hall–Kier alpha value is -2.39. The summed E-state index contributed by atoms with van der Waals surface area (Å²) in [6, 6.07) is 3.68. The predicted octanol–water partition coefficient (Wildman–Crippen LogP) is 1.62. The van der Waals surface area contributed by atoms with E-state index in [0.29, 0.717) is 5.01 Å². The Labute approximate surface area is 136 Å². The van der Waals surface area contributed by atoms with Gasteiger partial charge in [-0.15, -0.1) is 11.3 Å². The molecule has 0 atom stereocenters. The minimum absolute atomic E-state index is 0.157. The predicted molar refractivity (Wildman–Crippen MR) is 86.5 cm³/mol. The average molecular weight is 348 g/mol. The van der Waals surface area contributed by atoms with E-state index in [2.05, 4.69) is 15.1 Å². The van der Waals surface area contributed by atoms with Crippen LogP contribution < -0.4 is 0 Å². The molecule has 0 saturated carbocycles. The van der Waals surface area contributed by atoms with Crippen molar-refractivity contribution in [2.24, 2.45) is 0 Å². The molecule has 3 aromatic heterocycles. The lowest BCUT2D eigenvalue weighted by Crippen LogP contribution is -2.14. The van der Waals surface area contributed by atoms with Crippen molar-refractivity contribution in [3.05, 3.63) is 48.0 Å². The van der Waals surface area contributed by atoms with Crippen molar-refractivity contribution in [3.8, 4) is 16.3 Å². The van der Waals surface area contributed by atoms with E-state index in [4.69, 9.17) is 0 Å². The molecule has 0 aromatic carbocycles. The minimum atomic E-state index is -3.37. The summed E-state index contributed by atoms with van der Waals surface area (Å²) >= 11 is 1.27. The molecular formula is C14H12N4O3S2. The van der Waals surface area contributed by atoms with E-state index in [9.17, 15) is 13.2 Å². The number of Topliss-reactive ketones (excluding diaryl/α,β-unsaturated/α-hetero) is 1. The van der Waals surface area contributed by atoms with Gasteiger partial charge in [0.1, 0.15) is 16.5 Å². The van der Waals surface area contributed by atoms with Crippen LogP contribution >= 0.6 is 11.3 Å². The van der Waals surface area contributed by atoms with Crippen LogP contribution in [0.1, 0.15) is 10.5 Å². The van der Waals surface area contributed by atoms with Crippen LogP contribution in [0, 0.1) is 0 Å². The maximum absolute atomic E-state index is 11.9. The summed E-state index contributed by atoms with van der Waals surface area (Å²) in [4.78, 5) is 20.1. The lowest BCUT2D eigenvalue weighted by Gasteiger charge is -1.97. The monoisotopic (exact) mass is 348 g/mol. The van der Waals surface area contributed by atoms with Gasteiger partial charge in [0.05, 0.1) is 18.1 Å². The molecular weight excluding hydrogens is 336 g/mol. The first-order valence-corrected chi connectivity index (χ1v) is 9.48. The molecule has 0 N–H and O–H groups in total. The summed E-state index contributed by atoms with van der Waals surface area (Å²) in [5.74, 6) is -1.04. The van der Waals surface area contributed by atoms with Crippen LogP contribution in [0.2, 0.25) is 0 Å². The number of carbonyl (C=O) groups excluding carboxylic acids is 1. The molecule has 0 unspecified atom stereocenters. The normalized spacial score (nSPS) is 11.5.